The molecule has 0 spiro atoms. The first-order valence-electron chi connectivity index (χ1n) is 5.29. The number of carbonyl (C=O) groups excluding carboxylic acids is 1. The number of aliphatic hydroxyl groups excluding tert-OH is 1. The van der Waals surface area contributed by atoms with Gasteiger partial charge in [-0.05, 0) is 18.2 Å². The Labute approximate surface area is 112 Å². The Hall–Kier alpha value is -1.41. The molecule has 0 bridgehead atoms. The standard InChI is InChI=1S/C11H13F3N2O2S/c12-11(13,14)7-1-2-9(8(15)5-7)16-10(18)6-19-4-3-17/h1-2,5,17H,3-4,6,15H2,(H,16,18). The Kier molecular flexibility index (Phi) is 5.49. The lowest BCUT2D eigenvalue weighted by atomic mass is 10.1. The van der Waals surface area contributed by atoms with E-state index in [0.717, 1.165) is 18.2 Å². The molecular weight excluding hydrogens is 281 g/mol. The lowest BCUT2D eigenvalue weighted by Gasteiger charge is -2.11. The SMILES string of the molecule is Nc1cc(C(F)(F)F)ccc1NC(=O)CSCCO. The molecule has 4 nitrogen and oxygen atoms in total. The van der Waals surface area contributed by atoms with Crippen molar-refractivity contribution in [2.24, 2.45) is 0 Å². The quantitative estimate of drug-likeness (QED) is 0.573. The predicted octanol–water partition coefficient (Wildman–Crippen LogP) is 1.95. The highest BCUT2D eigenvalue weighted by molar-refractivity contribution is 7.99. The number of hydrogen-bond acceptors (Lipinski definition) is 4. The molecule has 0 aliphatic heterocycles. The van der Waals surface area contributed by atoms with Crippen LogP contribution in [-0.4, -0.2) is 29.1 Å². The van der Waals surface area contributed by atoms with Crippen LogP contribution in [-0.2, 0) is 11.0 Å². The van der Waals surface area contributed by atoms with Crippen molar-refractivity contribution in [1.29, 1.82) is 0 Å². The fourth-order valence-corrected chi connectivity index (χ4v) is 1.80. The Bertz CT molecular complexity index is 452. The fraction of sp³-hybridized carbons (Fsp3) is 0.364. The van der Waals surface area contributed by atoms with Gasteiger partial charge in [0.2, 0.25) is 5.91 Å². The molecule has 0 heterocycles. The molecular formula is C11H13F3N2O2S. The zero-order chi connectivity index (χ0) is 14.5. The van der Waals surface area contributed by atoms with Gasteiger partial charge in [-0.15, -0.1) is 11.8 Å². The number of amides is 1. The van der Waals surface area contributed by atoms with E-state index in [1.807, 2.05) is 0 Å². The number of hydrogen-bond donors (Lipinski definition) is 3. The summed E-state index contributed by atoms with van der Waals surface area (Å²) in [5.41, 5.74) is 4.59. The average Bonchev–Trinajstić information content (AvgIpc) is 2.31. The maximum atomic E-state index is 12.4. The minimum atomic E-state index is -4.46. The van der Waals surface area contributed by atoms with E-state index in [0.29, 0.717) is 5.75 Å². The second-order valence-electron chi connectivity index (χ2n) is 3.62. The summed E-state index contributed by atoms with van der Waals surface area (Å²) in [6, 6.07) is 2.75. The van der Waals surface area contributed by atoms with Crippen molar-refractivity contribution in [3.05, 3.63) is 23.8 Å². The monoisotopic (exact) mass is 294 g/mol. The summed E-state index contributed by atoms with van der Waals surface area (Å²) in [6.45, 7) is -0.0413. The van der Waals surface area contributed by atoms with Crippen molar-refractivity contribution in [3.8, 4) is 0 Å². The molecule has 1 rings (SSSR count). The number of anilines is 2. The van der Waals surface area contributed by atoms with Crippen LogP contribution in [0.25, 0.3) is 0 Å². The summed E-state index contributed by atoms with van der Waals surface area (Å²) < 4.78 is 37.2. The first-order valence-corrected chi connectivity index (χ1v) is 6.45. The number of carbonyl (C=O) groups is 1. The van der Waals surface area contributed by atoms with Crippen molar-refractivity contribution in [3.63, 3.8) is 0 Å². The van der Waals surface area contributed by atoms with Crippen molar-refractivity contribution in [1.82, 2.24) is 0 Å². The number of nitrogen functional groups attached to an aromatic ring is 1. The van der Waals surface area contributed by atoms with Gasteiger partial charge < -0.3 is 16.2 Å². The molecule has 1 aromatic rings. The van der Waals surface area contributed by atoms with Crippen molar-refractivity contribution < 1.29 is 23.1 Å². The van der Waals surface area contributed by atoms with Crippen molar-refractivity contribution >= 4 is 29.0 Å². The zero-order valence-electron chi connectivity index (χ0n) is 9.83. The highest BCUT2D eigenvalue weighted by Crippen LogP contribution is 2.32. The van der Waals surface area contributed by atoms with Gasteiger partial charge in [-0.25, -0.2) is 0 Å². The topological polar surface area (TPSA) is 75.3 Å². The van der Waals surface area contributed by atoms with Crippen LogP contribution in [0.4, 0.5) is 24.5 Å². The van der Waals surface area contributed by atoms with E-state index >= 15 is 0 Å². The summed E-state index contributed by atoms with van der Waals surface area (Å²) in [5, 5.41) is 11.0. The molecule has 1 amide bonds. The molecule has 0 radical (unpaired) electrons. The number of rotatable bonds is 5. The normalized spacial score (nSPS) is 11.4. The van der Waals surface area contributed by atoms with Crippen LogP contribution >= 0.6 is 11.8 Å². The lowest BCUT2D eigenvalue weighted by molar-refractivity contribution is -0.137. The molecule has 0 unspecified atom stereocenters. The Morgan fingerprint density at radius 2 is 2.11 bits per heavy atom. The number of thioether (sulfide) groups is 1. The minimum Gasteiger partial charge on any atom is -0.397 e. The van der Waals surface area contributed by atoms with Gasteiger partial charge in [-0.3, -0.25) is 4.79 Å². The third-order valence-corrected chi connectivity index (χ3v) is 3.06. The lowest BCUT2D eigenvalue weighted by Crippen LogP contribution is -2.16. The molecule has 0 saturated heterocycles. The van der Waals surface area contributed by atoms with Gasteiger partial charge in [-0.1, -0.05) is 0 Å². The molecule has 0 fully saturated rings. The number of benzene rings is 1. The number of nitrogens with one attached hydrogen (secondary N) is 1. The number of alkyl halides is 3. The summed E-state index contributed by atoms with van der Waals surface area (Å²) in [5.74, 6) is 0.127. The van der Waals surface area contributed by atoms with Gasteiger partial charge in [0.15, 0.2) is 0 Å². The molecule has 0 atom stereocenters. The summed E-state index contributed by atoms with van der Waals surface area (Å²) in [6.07, 6.45) is -4.46. The number of nitrogens with two attached hydrogens (primary N) is 1. The largest absolute Gasteiger partial charge is 0.416 e. The first kappa shape index (κ1) is 15.6. The molecule has 0 aliphatic carbocycles. The molecule has 0 aliphatic rings. The highest BCUT2D eigenvalue weighted by Gasteiger charge is 2.30. The van der Waals surface area contributed by atoms with Crippen LogP contribution in [0.3, 0.4) is 0 Å². The van der Waals surface area contributed by atoms with Crippen molar-refractivity contribution in [2.75, 3.05) is 29.2 Å². The molecule has 106 valence electrons. The molecule has 8 heteroatoms. The van der Waals surface area contributed by atoms with Crippen LogP contribution < -0.4 is 11.1 Å². The molecule has 19 heavy (non-hydrogen) atoms. The van der Waals surface area contributed by atoms with E-state index in [2.05, 4.69) is 5.32 Å². The first-order chi connectivity index (χ1) is 8.84. The molecule has 0 aromatic heterocycles. The maximum absolute atomic E-state index is 12.4. The van der Waals surface area contributed by atoms with Crippen LogP contribution in [0.1, 0.15) is 5.56 Å². The van der Waals surface area contributed by atoms with Crippen molar-refractivity contribution in [2.45, 2.75) is 6.18 Å². The molecule has 1 aromatic carbocycles. The maximum Gasteiger partial charge on any atom is 0.416 e. The van der Waals surface area contributed by atoms with Crippen LogP contribution in [0, 0.1) is 0 Å². The zero-order valence-corrected chi connectivity index (χ0v) is 10.6. The third-order valence-electron chi connectivity index (χ3n) is 2.12. The van der Waals surface area contributed by atoms with Crippen LogP contribution in [0.5, 0.6) is 0 Å². The highest BCUT2D eigenvalue weighted by atomic mass is 32.2. The van der Waals surface area contributed by atoms with Gasteiger partial charge in [0.25, 0.3) is 0 Å². The van der Waals surface area contributed by atoms with Gasteiger partial charge >= 0.3 is 6.18 Å². The molecule has 0 saturated carbocycles. The van der Waals surface area contributed by atoms with Gasteiger partial charge in [0, 0.05) is 5.75 Å². The van der Waals surface area contributed by atoms with Crippen LogP contribution in [0.15, 0.2) is 18.2 Å². The van der Waals surface area contributed by atoms with Gasteiger partial charge in [0.1, 0.15) is 0 Å². The van der Waals surface area contributed by atoms with E-state index in [9.17, 15) is 18.0 Å². The second kappa shape index (κ2) is 6.67. The third kappa shape index (κ3) is 4.99. The van der Waals surface area contributed by atoms with Gasteiger partial charge in [-0.2, -0.15) is 13.2 Å². The predicted molar refractivity (Wildman–Crippen MR) is 68.9 cm³/mol. The van der Waals surface area contributed by atoms with E-state index in [4.69, 9.17) is 10.8 Å². The fourth-order valence-electron chi connectivity index (χ4n) is 1.27. The summed E-state index contributed by atoms with van der Waals surface area (Å²) in [4.78, 5) is 11.4. The van der Waals surface area contributed by atoms with Gasteiger partial charge in [0.05, 0.1) is 29.3 Å². The van der Waals surface area contributed by atoms with E-state index in [1.165, 1.54) is 11.8 Å². The second-order valence-corrected chi connectivity index (χ2v) is 4.73. The number of aliphatic hydroxyl groups is 1. The summed E-state index contributed by atoms with van der Waals surface area (Å²) >= 11 is 1.21. The van der Waals surface area contributed by atoms with Crippen LogP contribution in [0.2, 0.25) is 0 Å². The summed E-state index contributed by atoms with van der Waals surface area (Å²) in [7, 11) is 0. The number of halogens is 3. The van der Waals surface area contributed by atoms with E-state index < -0.39 is 11.7 Å². The Balaban J connectivity index is 2.67. The Morgan fingerprint density at radius 1 is 1.42 bits per heavy atom. The van der Waals surface area contributed by atoms with E-state index in [1.54, 1.807) is 0 Å². The molecule has 4 N–H and O–H groups in total. The smallest absolute Gasteiger partial charge is 0.397 e. The minimum absolute atomic E-state index is 0.0413. The average molecular weight is 294 g/mol. The van der Waals surface area contributed by atoms with E-state index in [-0.39, 0.29) is 29.6 Å². The Morgan fingerprint density at radius 3 is 2.63 bits per heavy atom.